The third kappa shape index (κ3) is 2.80. The number of carbonyl (C=O) groups excluding carboxylic acids is 1. The summed E-state index contributed by atoms with van der Waals surface area (Å²) in [5, 5.41) is 11.5. The molecule has 0 spiro atoms. The third-order valence-corrected chi connectivity index (χ3v) is 3.08. The van der Waals surface area contributed by atoms with E-state index in [0.29, 0.717) is 12.1 Å². The zero-order valence-corrected chi connectivity index (χ0v) is 10.3. The number of amidine groups is 1. The normalized spacial score (nSPS) is 15.5. The van der Waals surface area contributed by atoms with E-state index in [-0.39, 0.29) is 17.7 Å². The van der Waals surface area contributed by atoms with Crippen LogP contribution in [0.2, 0.25) is 0 Å². The Labute approximate surface area is 106 Å². The molecule has 0 bridgehead atoms. The molecule has 0 radical (unpaired) electrons. The highest BCUT2D eigenvalue weighted by Crippen LogP contribution is 2.30. The first-order valence-corrected chi connectivity index (χ1v) is 5.93. The SMILES string of the molecule is CN(Cc1ccc(/C(N)=N/O)cc1)C(=O)C1CC1. The Balaban J connectivity index is 1.99. The fourth-order valence-corrected chi connectivity index (χ4v) is 1.83. The van der Waals surface area contributed by atoms with E-state index in [1.54, 1.807) is 17.0 Å². The summed E-state index contributed by atoms with van der Waals surface area (Å²) >= 11 is 0. The number of nitrogens with two attached hydrogens (primary N) is 1. The van der Waals surface area contributed by atoms with Crippen molar-refractivity contribution >= 4 is 11.7 Å². The molecule has 0 aliphatic heterocycles. The molecular weight excluding hydrogens is 230 g/mol. The Bertz CT molecular complexity index is 464. The highest BCUT2D eigenvalue weighted by molar-refractivity contribution is 5.96. The molecule has 1 aliphatic carbocycles. The Morgan fingerprint density at radius 1 is 1.44 bits per heavy atom. The van der Waals surface area contributed by atoms with Gasteiger partial charge in [-0.25, -0.2) is 0 Å². The number of nitrogens with zero attached hydrogens (tertiary/aromatic N) is 2. The van der Waals surface area contributed by atoms with Gasteiger partial charge in [0, 0.05) is 25.1 Å². The van der Waals surface area contributed by atoms with Crippen LogP contribution in [0, 0.1) is 5.92 Å². The van der Waals surface area contributed by atoms with Gasteiger partial charge in [0.2, 0.25) is 5.91 Å². The summed E-state index contributed by atoms with van der Waals surface area (Å²) in [5.74, 6) is 0.547. The van der Waals surface area contributed by atoms with Gasteiger partial charge >= 0.3 is 0 Å². The van der Waals surface area contributed by atoms with Crippen LogP contribution in [0.15, 0.2) is 29.4 Å². The van der Waals surface area contributed by atoms with Crippen LogP contribution in [0.4, 0.5) is 0 Å². The summed E-state index contributed by atoms with van der Waals surface area (Å²) in [6.45, 7) is 0.589. The van der Waals surface area contributed by atoms with E-state index in [4.69, 9.17) is 10.9 Å². The molecule has 1 fully saturated rings. The minimum atomic E-state index is 0.0870. The van der Waals surface area contributed by atoms with Crippen LogP contribution >= 0.6 is 0 Å². The van der Waals surface area contributed by atoms with E-state index in [9.17, 15) is 4.79 Å². The van der Waals surface area contributed by atoms with Gasteiger partial charge in [0.1, 0.15) is 0 Å². The molecule has 5 heteroatoms. The lowest BCUT2D eigenvalue weighted by atomic mass is 10.1. The van der Waals surface area contributed by atoms with Crippen LogP contribution in [0.5, 0.6) is 0 Å². The average Bonchev–Trinajstić information content (AvgIpc) is 3.22. The van der Waals surface area contributed by atoms with E-state index in [0.717, 1.165) is 18.4 Å². The first-order valence-electron chi connectivity index (χ1n) is 5.93. The van der Waals surface area contributed by atoms with Crippen LogP contribution in [0.1, 0.15) is 24.0 Å². The number of benzene rings is 1. The Hall–Kier alpha value is -2.04. The van der Waals surface area contributed by atoms with Gasteiger partial charge < -0.3 is 15.8 Å². The minimum Gasteiger partial charge on any atom is -0.409 e. The molecule has 5 nitrogen and oxygen atoms in total. The molecule has 1 aromatic carbocycles. The Morgan fingerprint density at radius 3 is 2.56 bits per heavy atom. The zero-order valence-electron chi connectivity index (χ0n) is 10.3. The van der Waals surface area contributed by atoms with Gasteiger partial charge in [-0.2, -0.15) is 0 Å². The van der Waals surface area contributed by atoms with Crippen molar-refractivity contribution in [2.24, 2.45) is 16.8 Å². The number of hydrogen-bond donors (Lipinski definition) is 2. The van der Waals surface area contributed by atoms with E-state index in [1.165, 1.54) is 0 Å². The lowest BCUT2D eigenvalue weighted by Gasteiger charge is -2.17. The van der Waals surface area contributed by atoms with Gasteiger partial charge in [-0.3, -0.25) is 4.79 Å². The van der Waals surface area contributed by atoms with Gasteiger partial charge in [0.25, 0.3) is 0 Å². The molecule has 3 N–H and O–H groups in total. The van der Waals surface area contributed by atoms with Crippen molar-refractivity contribution in [2.45, 2.75) is 19.4 Å². The summed E-state index contributed by atoms with van der Waals surface area (Å²) in [6, 6.07) is 7.31. The highest BCUT2D eigenvalue weighted by atomic mass is 16.4. The maximum absolute atomic E-state index is 11.8. The molecule has 0 saturated heterocycles. The molecule has 18 heavy (non-hydrogen) atoms. The summed E-state index contributed by atoms with van der Waals surface area (Å²) < 4.78 is 0. The molecule has 1 aliphatic rings. The number of oxime groups is 1. The second-order valence-electron chi connectivity index (χ2n) is 4.65. The molecule has 0 aromatic heterocycles. The number of amides is 1. The second-order valence-corrected chi connectivity index (χ2v) is 4.65. The first-order chi connectivity index (χ1) is 8.61. The minimum absolute atomic E-state index is 0.0870. The quantitative estimate of drug-likeness (QED) is 0.362. The maximum atomic E-state index is 11.8. The molecule has 1 aromatic rings. The molecular formula is C13H17N3O2. The Kier molecular flexibility index (Phi) is 3.50. The Morgan fingerprint density at radius 2 is 2.06 bits per heavy atom. The van der Waals surface area contributed by atoms with Crippen molar-refractivity contribution in [1.82, 2.24) is 4.90 Å². The van der Waals surface area contributed by atoms with E-state index >= 15 is 0 Å². The fraction of sp³-hybridized carbons (Fsp3) is 0.385. The summed E-state index contributed by atoms with van der Waals surface area (Å²) in [7, 11) is 1.82. The van der Waals surface area contributed by atoms with Crippen LogP contribution in [0.3, 0.4) is 0 Å². The molecule has 1 amide bonds. The van der Waals surface area contributed by atoms with Crippen molar-refractivity contribution in [3.05, 3.63) is 35.4 Å². The van der Waals surface area contributed by atoms with Crippen molar-refractivity contribution in [2.75, 3.05) is 7.05 Å². The lowest BCUT2D eigenvalue weighted by molar-refractivity contribution is -0.131. The average molecular weight is 247 g/mol. The van der Waals surface area contributed by atoms with Crippen molar-refractivity contribution in [3.63, 3.8) is 0 Å². The lowest BCUT2D eigenvalue weighted by Crippen LogP contribution is -2.27. The van der Waals surface area contributed by atoms with Gasteiger partial charge in [-0.1, -0.05) is 29.4 Å². The zero-order chi connectivity index (χ0) is 13.1. The van der Waals surface area contributed by atoms with Gasteiger partial charge in [-0.05, 0) is 18.4 Å². The number of hydrogen-bond acceptors (Lipinski definition) is 3. The van der Waals surface area contributed by atoms with Crippen LogP contribution in [-0.4, -0.2) is 28.9 Å². The third-order valence-electron chi connectivity index (χ3n) is 3.08. The van der Waals surface area contributed by atoms with E-state index in [2.05, 4.69) is 5.16 Å². The van der Waals surface area contributed by atoms with Crippen LogP contribution in [-0.2, 0) is 11.3 Å². The maximum Gasteiger partial charge on any atom is 0.225 e. The molecule has 0 atom stereocenters. The number of rotatable bonds is 4. The molecule has 0 heterocycles. The largest absolute Gasteiger partial charge is 0.409 e. The van der Waals surface area contributed by atoms with Crippen molar-refractivity contribution < 1.29 is 10.0 Å². The molecule has 1 saturated carbocycles. The highest BCUT2D eigenvalue weighted by Gasteiger charge is 2.31. The second kappa shape index (κ2) is 5.08. The predicted octanol–water partition coefficient (Wildman–Crippen LogP) is 1.15. The monoisotopic (exact) mass is 247 g/mol. The molecule has 96 valence electrons. The van der Waals surface area contributed by atoms with Gasteiger partial charge in [0.05, 0.1) is 0 Å². The van der Waals surface area contributed by atoms with Gasteiger partial charge in [-0.15, -0.1) is 0 Å². The topological polar surface area (TPSA) is 78.9 Å². The van der Waals surface area contributed by atoms with Crippen LogP contribution < -0.4 is 5.73 Å². The fourth-order valence-electron chi connectivity index (χ4n) is 1.83. The first kappa shape index (κ1) is 12.4. The predicted molar refractivity (Wildman–Crippen MR) is 68.2 cm³/mol. The summed E-state index contributed by atoms with van der Waals surface area (Å²) in [5.41, 5.74) is 7.17. The summed E-state index contributed by atoms with van der Waals surface area (Å²) in [4.78, 5) is 13.5. The van der Waals surface area contributed by atoms with E-state index in [1.807, 2.05) is 19.2 Å². The smallest absolute Gasteiger partial charge is 0.225 e. The van der Waals surface area contributed by atoms with E-state index < -0.39 is 0 Å². The van der Waals surface area contributed by atoms with Gasteiger partial charge in [0.15, 0.2) is 5.84 Å². The standard InChI is InChI=1S/C13H17N3O2/c1-16(13(17)11-6-7-11)8-9-2-4-10(5-3-9)12(14)15-18/h2-5,11,18H,6-8H2,1H3,(H2,14,15). The molecule has 2 rings (SSSR count). The molecule has 0 unspecified atom stereocenters. The van der Waals surface area contributed by atoms with Crippen molar-refractivity contribution in [3.8, 4) is 0 Å². The van der Waals surface area contributed by atoms with Crippen LogP contribution in [0.25, 0.3) is 0 Å². The summed E-state index contributed by atoms with van der Waals surface area (Å²) in [6.07, 6.45) is 2.04. The number of carbonyl (C=O) groups is 1. The van der Waals surface area contributed by atoms with Crippen molar-refractivity contribution in [1.29, 1.82) is 0 Å².